The van der Waals surface area contributed by atoms with Gasteiger partial charge >= 0.3 is 5.97 Å². The molecule has 0 aromatic carbocycles. The summed E-state index contributed by atoms with van der Waals surface area (Å²) < 4.78 is 0. The largest absolute Gasteiger partial charge is 0.480 e. The maximum absolute atomic E-state index is 10.2. The SMILES string of the molecule is N[C@H](C[C@H](O)[C@H](O)CO)C(=O)O. The minimum Gasteiger partial charge on any atom is -0.480 e. The Kier molecular flexibility index (Phi) is 4.75. The molecule has 6 heteroatoms. The van der Waals surface area contributed by atoms with Gasteiger partial charge in [-0.05, 0) is 0 Å². The van der Waals surface area contributed by atoms with Crippen molar-refractivity contribution in [3.05, 3.63) is 0 Å². The highest BCUT2D eigenvalue weighted by atomic mass is 16.4. The van der Waals surface area contributed by atoms with Crippen LogP contribution in [0, 0.1) is 0 Å². The summed E-state index contributed by atoms with van der Waals surface area (Å²) in [6, 6.07) is -1.22. The van der Waals surface area contributed by atoms with Gasteiger partial charge in [-0.3, -0.25) is 4.79 Å². The zero-order valence-electron chi connectivity index (χ0n) is 6.42. The van der Waals surface area contributed by atoms with Gasteiger partial charge in [-0.2, -0.15) is 0 Å². The molecule has 0 fully saturated rings. The molecule has 0 aromatic heterocycles. The Hall–Kier alpha value is -0.690. The van der Waals surface area contributed by atoms with Crippen molar-refractivity contribution in [1.82, 2.24) is 0 Å². The third-order valence-electron chi connectivity index (χ3n) is 1.44. The number of carboxylic acids is 1. The zero-order chi connectivity index (χ0) is 9.72. The van der Waals surface area contributed by atoms with Crippen molar-refractivity contribution in [3.63, 3.8) is 0 Å². The average molecular weight is 179 g/mol. The number of carbonyl (C=O) groups is 1. The van der Waals surface area contributed by atoms with Crippen LogP contribution in [-0.4, -0.2) is 51.3 Å². The van der Waals surface area contributed by atoms with E-state index in [1.54, 1.807) is 0 Å². The van der Waals surface area contributed by atoms with Crippen molar-refractivity contribution < 1.29 is 25.2 Å². The molecule has 72 valence electrons. The molecule has 6 N–H and O–H groups in total. The smallest absolute Gasteiger partial charge is 0.320 e. The van der Waals surface area contributed by atoms with Gasteiger partial charge in [0.1, 0.15) is 12.1 Å². The van der Waals surface area contributed by atoms with E-state index >= 15 is 0 Å². The predicted octanol–water partition coefficient (Wildman–Crippen LogP) is -2.50. The van der Waals surface area contributed by atoms with Crippen LogP contribution >= 0.6 is 0 Å². The number of rotatable bonds is 5. The first-order valence-corrected chi connectivity index (χ1v) is 3.44. The lowest BCUT2D eigenvalue weighted by molar-refractivity contribution is -0.140. The summed E-state index contributed by atoms with van der Waals surface area (Å²) in [5.41, 5.74) is 5.06. The number of aliphatic hydroxyl groups excluding tert-OH is 3. The van der Waals surface area contributed by atoms with E-state index in [1.165, 1.54) is 0 Å². The second kappa shape index (κ2) is 5.04. The second-order valence-corrected chi connectivity index (χ2v) is 2.50. The van der Waals surface area contributed by atoms with Crippen molar-refractivity contribution in [2.24, 2.45) is 5.73 Å². The molecule has 3 atom stereocenters. The Bertz CT molecular complexity index is 151. The van der Waals surface area contributed by atoms with Crippen LogP contribution in [0.15, 0.2) is 0 Å². The van der Waals surface area contributed by atoms with Crippen LogP contribution in [0.1, 0.15) is 6.42 Å². The molecule has 0 saturated heterocycles. The molecule has 0 bridgehead atoms. The summed E-state index contributed by atoms with van der Waals surface area (Å²) in [6.45, 7) is -0.618. The van der Waals surface area contributed by atoms with Crippen molar-refractivity contribution in [3.8, 4) is 0 Å². The fourth-order valence-electron chi connectivity index (χ4n) is 0.640. The number of hydrogen-bond acceptors (Lipinski definition) is 5. The van der Waals surface area contributed by atoms with Crippen molar-refractivity contribution in [1.29, 1.82) is 0 Å². The van der Waals surface area contributed by atoms with Gasteiger partial charge in [0.2, 0.25) is 0 Å². The van der Waals surface area contributed by atoms with Crippen molar-refractivity contribution in [2.45, 2.75) is 24.7 Å². The summed E-state index contributed by atoms with van der Waals surface area (Å²) >= 11 is 0. The van der Waals surface area contributed by atoms with Gasteiger partial charge < -0.3 is 26.2 Å². The van der Waals surface area contributed by atoms with Crippen LogP contribution in [0.4, 0.5) is 0 Å². The van der Waals surface area contributed by atoms with E-state index in [2.05, 4.69) is 0 Å². The summed E-state index contributed by atoms with van der Waals surface area (Å²) in [4.78, 5) is 10.2. The van der Waals surface area contributed by atoms with E-state index < -0.39 is 30.8 Å². The highest BCUT2D eigenvalue weighted by molar-refractivity contribution is 5.73. The Morgan fingerprint density at radius 1 is 1.33 bits per heavy atom. The molecule has 0 heterocycles. The molecular weight excluding hydrogens is 166 g/mol. The van der Waals surface area contributed by atoms with Crippen LogP contribution in [0.3, 0.4) is 0 Å². The monoisotopic (exact) mass is 179 g/mol. The fourth-order valence-corrected chi connectivity index (χ4v) is 0.640. The molecule has 0 rings (SSSR count). The molecule has 0 aromatic rings. The van der Waals surface area contributed by atoms with Gasteiger partial charge in [-0.15, -0.1) is 0 Å². The van der Waals surface area contributed by atoms with Crippen LogP contribution < -0.4 is 5.73 Å². The van der Waals surface area contributed by atoms with E-state index in [4.69, 9.17) is 26.2 Å². The summed E-state index contributed by atoms with van der Waals surface area (Å²) in [7, 11) is 0. The first-order valence-electron chi connectivity index (χ1n) is 3.44. The number of aliphatic carboxylic acids is 1. The molecule has 0 aliphatic rings. The third-order valence-corrected chi connectivity index (χ3v) is 1.44. The molecular formula is C6H13NO5. The van der Waals surface area contributed by atoms with Crippen LogP contribution in [0.5, 0.6) is 0 Å². The number of nitrogens with two attached hydrogens (primary N) is 1. The predicted molar refractivity (Wildman–Crippen MR) is 39.3 cm³/mol. The summed E-state index contributed by atoms with van der Waals surface area (Å²) in [5.74, 6) is -1.25. The van der Waals surface area contributed by atoms with Gasteiger partial charge in [0.05, 0.1) is 12.7 Å². The maximum Gasteiger partial charge on any atom is 0.320 e. The van der Waals surface area contributed by atoms with Gasteiger partial charge in [0.25, 0.3) is 0 Å². The minimum absolute atomic E-state index is 0.281. The lowest BCUT2D eigenvalue weighted by atomic mass is 10.1. The van der Waals surface area contributed by atoms with Crippen LogP contribution in [0.2, 0.25) is 0 Å². The molecule has 0 saturated carbocycles. The number of aliphatic hydroxyl groups is 3. The Morgan fingerprint density at radius 3 is 2.17 bits per heavy atom. The molecule has 0 radical (unpaired) electrons. The quantitative estimate of drug-likeness (QED) is 0.318. The van der Waals surface area contributed by atoms with Crippen LogP contribution in [-0.2, 0) is 4.79 Å². The molecule has 0 unspecified atom stereocenters. The Labute approximate surface area is 69.2 Å². The second-order valence-electron chi connectivity index (χ2n) is 2.50. The van der Waals surface area contributed by atoms with E-state index in [0.717, 1.165) is 0 Å². The normalized spacial score (nSPS) is 18.3. The standard InChI is InChI=1S/C6H13NO5/c7-3(6(11)12)1-4(9)5(10)2-8/h3-5,8-10H,1-2,7H2,(H,11,12)/t3-,4+,5-/m1/s1. The average Bonchev–Trinajstić information content (AvgIpc) is 2.02. The molecule has 6 nitrogen and oxygen atoms in total. The van der Waals surface area contributed by atoms with Crippen molar-refractivity contribution >= 4 is 5.97 Å². The van der Waals surface area contributed by atoms with E-state index in [1.807, 2.05) is 0 Å². The van der Waals surface area contributed by atoms with Gasteiger partial charge in [-0.25, -0.2) is 0 Å². The van der Waals surface area contributed by atoms with E-state index in [0.29, 0.717) is 0 Å². The zero-order valence-corrected chi connectivity index (χ0v) is 6.42. The molecule has 0 amide bonds. The number of hydrogen-bond donors (Lipinski definition) is 5. The molecule has 12 heavy (non-hydrogen) atoms. The van der Waals surface area contributed by atoms with Crippen molar-refractivity contribution in [2.75, 3.05) is 6.61 Å². The van der Waals surface area contributed by atoms with Crippen LogP contribution in [0.25, 0.3) is 0 Å². The van der Waals surface area contributed by atoms with Gasteiger partial charge in [-0.1, -0.05) is 0 Å². The molecule has 0 aliphatic carbocycles. The van der Waals surface area contributed by atoms with Gasteiger partial charge in [0.15, 0.2) is 0 Å². The summed E-state index contributed by atoms with van der Waals surface area (Å²) in [6.07, 6.45) is -2.92. The minimum atomic E-state index is -1.34. The number of carboxylic acid groups (broad SMARTS) is 1. The van der Waals surface area contributed by atoms with E-state index in [-0.39, 0.29) is 6.42 Å². The van der Waals surface area contributed by atoms with Gasteiger partial charge in [0, 0.05) is 6.42 Å². The lowest BCUT2D eigenvalue weighted by Crippen LogP contribution is -2.39. The first kappa shape index (κ1) is 11.3. The fraction of sp³-hybridized carbons (Fsp3) is 0.833. The van der Waals surface area contributed by atoms with E-state index in [9.17, 15) is 4.79 Å². The Balaban J connectivity index is 3.83. The Morgan fingerprint density at radius 2 is 1.83 bits per heavy atom. The topological polar surface area (TPSA) is 124 Å². The third kappa shape index (κ3) is 3.63. The highest BCUT2D eigenvalue weighted by Crippen LogP contribution is 2.01. The first-order chi connectivity index (χ1) is 5.49. The molecule has 0 aliphatic heterocycles. The maximum atomic E-state index is 10.2. The summed E-state index contributed by atoms with van der Waals surface area (Å²) in [5, 5.41) is 34.5. The molecule has 0 spiro atoms. The highest BCUT2D eigenvalue weighted by Gasteiger charge is 2.21. The lowest BCUT2D eigenvalue weighted by Gasteiger charge is -2.16.